The Hall–Kier alpha value is -3.63. The summed E-state index contributed by atoms with van der Waals surface area (Å²) in [5.74, 6) is -1.51. The van der Waals surface area contributed by atoms with E-state index in [9.17, 15) is 23.6 Å². The van der Waals surface area contributed by atoms with Crippen LogP contribution in [0.1, 0.15) is 57.6 Å². The van der Waals surface area contributed by atoms with E-state index in [1.807, 2.05) is 6.08 Å². The summed E-state index contributed by atoms with van der Waals surface area (Å²) in [6.45, 7) is 5.43. The van der Waals surface area contributed by atoms with Gasteiger partial charge in [-0.15, -0.1) is 0 Å². The molecular weight excluding hydrogens is 497 g/mol. The smallest absolute Gasteiger partial charge is 0.410 e. The van der Waals surface area contributed by atoms with E-state index in [4.69, 9.17) is 14.2 Å². The molecule has 11 heteroatoms. The Balaban J connectivity index is 1.54. The number of ether oxygens (including phenoxy) is 3. The molecule has 10 nitrogen and oxygen atoms in total. The topological polar surface area (TPSA) is 114 Å². The lowest BCUT2D eigenvalue weighted by Crippen LogP contribution is -2.55. The van der Waals surface area contributed by atoms with E-state index in [1.165, 1.54) is 23.0 Å². The Kier molecular flexibility index (Phi) is 7.94. The molecule has 4 atom stereocenters. The van der Waals surface area contributed by atoms with Gasteiger partial charge >= 0.3 is 18.2 Å². The van der Waals surface area contributed by atoms with Crippen LogP contribution in [0.15, 0.2) is 30.4 Å². The van der Waals surface area contributed by atoms with Crippen molar-refractivity contribution in [3.8, 4) is 0 Å². The SMILES string of the molecule is COC(=O)[C@@H]1C[C@@H](OC(=O)N2Cc3cccc(F)c3C2)[C@@H]2CCC=CC[C@H](NC(=O)OC(C)(C)C)C(=O)N12. The number of allylic oxidation sites excluding steroid dienone is 1. The first-order chi connectivity index (χ1) is 18.0. The van der Waals surface area contributed by atoms with Crippen molar-refractivity contribution in [2.24, 2.45) is 0 Å². The zero-order chi connectivity index (χ0) is 27.6. The molecule has 1 fully saturated rings. The van der Waals surface area contributed by atoms with Crippen molar-refractivity contribution >= 4 is 24.1 Å². The molecule has 1 N–H and O–H groups in total. The van der Waals surface area contributed by atoms with Crippen molar-refractivity contribution in [3.05, 3.63) is 47.3 Å². The van der Waals surface area contributed by atoms with Gasteiger partial charge in [0.15, 0.2) is 0 Å². The standard InChI is InChI=1S/C27H34FN3O7/c1-27(2,3)38-25(34)29-19-11-6-5-7-12-20-22(13-21(24(33)36-4)31(20)23(19)32)37-26(35)30-14-16-9-8-10-18(28)17(16)15-30/h5-6,8-10,19-22H,7,11-15H2,1-4H3,(H,29,34)/t19-,20-,21-,22+/m0/s1. The van der Waals surface area contributed by atoms with Gasteiger partial charge in [0.25, 0.3) is 0 Å². The van der Waals surface area contributed by atoms with E-state index in [0.29, 0.717) is 24.0 Å². The summed E-state index contributed by atoms with van der Waals surface area (Å²) < 4.78 is 30.4. The number of alkyl carbamates (subject to hydrolysis) is 1. The molecule has 0 bridgehead atoms. The molecule has 206 valence electrons. The molecule has 38 heavy (non-hydrogen) atoms. The quantitative estimate of drug-likeness (QED) is 0.361. The maximum Gasteiger partial charge on any atom is 0.410 e. The van der Waals surface area contributed by atoms with Crippen molar-refractivity contribution in [2.75, 3.05) is 7.11 Å². The third kappa shape index (κ3) is 5.92. The fourth-order valence-corrected chi connectivity index (χ4v) is 5.20. The van der Waals surface area contributed by atoms with Gasteiger partial charge in [-0.25, -0.2) is 18.8 Å². The van der Waals surface area contributed by atoms with Gasteiger partial charge in [0.1, 0.15) is 29.6 Å². The molecule has 0 unspecified atom stereocenters. The molecule has 1 aromatic rings. The van der Waals surface area contributed by atoms with Crippen LogP contribution in [0.3, 0.4) is 0 Å². The van der Waals surface area contributed by atoms with Crippen LogP contribution >= 0.6 is 0 Å². The average Bonchev–Trinajstić information content (AvgIpc) is 3.44. The number of carbonyl (C=O) groups excluding carboxylic acids is 4. The van der Waals surface area contributed by atoms with Crippen LogP contribution in [0.4, 0.5) is 14.0 Å². The Bertz CT molecular complexity index is 1130. The first-order valence-electron chi connectivity index (χ1n) is 12.7. The summed E-state index contributed by atoms with van der Waals surface area (Å²) in [4.78, 5) is 54.9. The molecule has 1 saturated heterocycles. The lowest BCUT2D eigenvalue weighted by molar-refractivity contribution is -0.153. The zero-order valence-electron chi connectivity index (χ0n) is 22.1. The van der Waals surface area contributed by atoms with Crippen LogP contribution in [0.5, 0.6) is 0 Å². The number of nitrogens with zero attached hydrogens (tertiary/aromatic N) is 2. The van der Waals surface area contributed by atoms with E-state index >= 15 is 0 Å². The normalized spacial score (nSPS) is 25.0. The monoisotopic (exact) mass is 531 g/mol. The summed E-state index contributed by atoms with van der Waals surface area (Å²) in [7, 11) is 1.23. The fourth-order valence-electron chi connectivity index (χ4n) is 5.20. The largest absolute Gasteiger partial charge is 0.467 e. The number of hydrogen-bond acceptors (Lipinski definition) is 7. The van der Waals surface area contributed by atoms with Gasteiger partial charge in [0.2, 0.25) is 5.91 Å². The van der Waals surface area contributed by atoms with Gasteiger partial charge in [0, 0.05) is 18.5 Å². The first-order valence-corrected chi connectivity index (χ1v) is 12.7. The number of hydrogen-bond donors (Lipinski definition) is 1. The maximum atomic E-state index is 14.2. The van der Waals surface area contributed by atoms with Crippen LogP contribution in [0.25, 0.3) is 0 Å². The molecule has 0 radical (unpaired) electrons. The van der Waals surface area contributed by atoms with Crippen LogP contribution in [-0.2, 0) is 36.9 Å². The number of methoxy groups -OCH3 is 1. The van der Waals surface area contributed by atoms with E-state index in [-0.39, 0.29) is 31.7 Å². The fraction of sp³-hybridized carbons (Fsp3) is 0.556. The van der Waals surface area contributed by atoms with Gasteiger partial charge in [0.05, 0.1) is 19.7 Å². The lowest BCUT2D eigenvalue weighted by atomic mass is 10.1. The predicted octanol–water partition coefficient (Wildman–Crippen LogP) is 3.42. The van der Waals surface area contributed by atoms with Crippen molar-refractivity contribution < 1.29 is 37.8 Å². The number of carbonyl (C=O) groups is 4. The Morgan fingerprint density at radius 2 is 1.89 bits per heavy atom. The van der Waals surface area contributed by atoms with Gasteiger partial charge < -0.3 is 24.4 Å². The van der Waals surface area contributed by atoms with Crippen LogP contribution in [0, 0.1) is 5.82 Å². The van der Waals surface area contributed by atoms with Crippen LogP contribution < -0.4 is 5.32 Å². The summed E-state index contributed by atoms with van der Waals surface area (Å²) in [6, 6.07) is 2.10. The Labute approximate surface area is 221 Å². The number of halogens is 1. The number of rotatable bonds is 3. The minimum atomic E-state index is -0.996. The van der Waals surface area contributed by atoms with E-state index < -0.39 is 53.9 Å². The summed E-state index contributed by atoms with van der Waals surface area (Å²) in [6.07, 6.45) is 2.75. The minimum absolute atomic E-state index is 0.0485. The van der Waals surface area contributed by atoms with Crippen LogP contribution in [0.2, 0.25) is 0 Å². The first kappa shape index (κ1) is 27.4. The molecule has 0 spiro atoms. The molecule has 0 saturated carbocycles. The molecule has 3 heterocycles. The second-order valence-corrected chi connectivity index (χ2v) is 10.7. The van der Waals surface area contributed by atoms with Crippen molar-refractivity contribution in [3.63, 3.8) is 0 Å². The van der Waals surface area contributed by atoms with E-state index in [1.54, 1.807) is 39.0 Å². The number of nitrogens with one attached hydrogen (secondary N) is 1. The molecule has 1 aromatic carbocycles. The van der Waals surface area contributed by atoms with E-state index in [0.717, 1.165) is 0 Å². The van der Waals surface area contributed by atoms with Gasteiger partial charge in [-0.3, -0.25) is 9.69 Å². The zero-order valence-corrected chi connectivity index (χ0v) is 22.1. The number of benzene rings is 1. The van der Waals surface area contributed by atoms with Gasteiger partial charge in [-0.1, -0.05) is 24.3 Å². The number of fused-ring (bicyclic) bond motifs is 2. The van der Waals surface area contributed by atoms with E-state index in [2.05, 4.69) is 5.32 Å². The second-order valence-electron chi connectivity index (χ2n) is 10.7. The Morgan fingerprint density at radius 1 is 1.13 bits per heavy atom. The third-order valence-electron chi connectivity index (χ3n) is 6.90. The highest BCUT2D eigenvalue weighted by Crippen LogP contribution is 2.34. The second kappa shape index (κ2) is 11.0. The minimum Gasteiger partial charge on any atom is -0.467 e. The summed E-state index contributed by atoms with van der Waals surface area (Å²) in [5, 5.41) is 2.62. The third-order valence-corrected chi connectivity index (χ3v) is 6.90. The van der Waals surface area contributed by atoms with Crippen molar-refractivity contribution in [2.45, 2.75) is 89.4 Å². The molecular formula is C27H34FN3O7. The molecule has 4 rings (SSSR count). The number of amides is 3. The highest BCUT2D eigenvalue weighted by Gasteiger charge is 2.51. The van der Waals surface area contributed by atoms with Crippen molar-refractivity contribution in [1.29, 1.82) is 0 Å². The predicted molar refractivity (Wildman–Crippen MR) is 133 cm³/mol. The summed E-state index contributed by atoms with van der Waals surface area (Å²) in [5.41, 5.74) is 0.397. The number of esters is 1. The van der Waals surface area contributed by atoms with Gasteiger partial charge in [-0.2, -0.15) is 0 Å². The van der Waals surface area contributed by atoms with Crippen LogP contribution in [-0.4, -0.2) is 70.8 Å². The molecule has 0 aromatic heterocycles. The average molecular weight is 532 g/mol. The highest BCUT2D eigenvalue weighted by molar-refractivity contribution is 5.91. The molecule has 3 aliphatic rings. The summed E-state index contributed by atoms with van der Waals surface area (Å²) >= 11 is 0. The lowest BCUT2D eigenvalue weighted by Gasteiger charge is -2.33. The molecule has 0 aliphatic carbocycles. The molecule has 3 amide bonds. The maximum absolute atomic E-state index is 14.2. The van der Waals surface area contributed by atoms with Crippen molar-refractivity contribution in [1.82, 2.24) is 15.1 Å². The Morgan fingerprint density at radius 3 is 2.58 bits per heavy atom. The van der Waals surface area contributed by atoms with Gasteiger partial charge in [-0.05, 0) is 51.7 Å². The molecule has 3 aliphatic heterocycles. The highest BCUT2D eigenvalue weighted by atomic mass is 19.1.